The third-order valence-corrected chi connectivity index (χ3v) is 3.40. The number of pyridine rings is 1. The highest BCUT2D eigenvalue weighted by atomic mass is 16.5. The van der Waals surface area contributed by atoms with E-state index < -0.39 is 5.97 Å². The summed E-state index contributed by atoms with van der Waals surface area (Å²) in [5.41, 5.74) is 2.68. The Morgan fingerprint density at radius 3 is 2.74 bits per heavy atom. The first kappa shape index (κ1) is 14.8. The fraction of sp³-hybridized carbons (Fsp3) is 0.118. The predicted molar refractivity (Wildman–Crippen MR) is 84.4 cm³/mol. The molecular formula is C17H15N3O3. The van der Waals surface area contributed by atoms with Crippen LogP contribution in [-0.2, 0) is 6.42 Å². The van der Waals surface area contributed by atoms with Crippen LogP contribution < -0.4 is 4.74 Å². The van der Waals surface area contributed by atoms with Gasteiger partial charge in [-0.3, -0.25) is 10.1 Å². The van der Waals surface area contributed by atoms with Gasteiger partial charge < -0.3 is 9.84 Å². The highest BCUT2D eigenvalue weighted by molar-refractivity contribution is 5.89. The van der Waals surface area contributed by atoms with E-state index in [0.29, 0.717) is 24.3 Å². The van der Waals surface area contributed by atoms with E-state index in [2.05, 4.69) is 15.2 Å². The van der Waals surface area contributed by atoms with E-state index >= 15 is 0 Å². The molecule has 6 heteroatoms. The number of nitrogens with one attached hydrogen (secondary N) is 1. The van der Waals surface area contributed by atoms with E-state index in [-0.39, 0.29) is 0 Å². The number of carboxylic acid groups (broad SMARTS) is 1. The molecule has 0 radical (unpaired) electrons. The Morgan fingerprint density at radius 2 is 2.04 bits per heavy atom. The molecule has 0 aliphatic carbocycles. The van der Waals surface area contributed by atoms with Crippen LogP contribution in [0.1, 0.15) is 15.9 Å². The molecule has 0 saturated heterocycles. The fourth-order valence-corrected chi connectivity index (χ4v) is 2.25. The molecule has 0 atom stereocenters. The number of benzene rings is 1. The van der Waals surface area contributed by atoms with Crippen molar-refractivity contribution in [2.75, 3.05) is 6.61 Å². The van der Waals surface area contributed by atoms with Crippen LogP contribution in [0.15, 0.2) is 54.9 Å². The Balaban J connectivity index is 1.60. The number of hydrogen-bond donors (Lipinski definition) is 2. The monoisotopic (exact) mass is 309 g/mol. The Labute approximate surface area is 132 Å². The maximum Gasteiger partial charge on any atom is 0.335 e. The zero-order chi connectivity index (χ0) is 16.1. The van der Waals surface area contributed by atoms with Crippen molar-refractivity contribution in [1.29, 1.82) is 0 Å². The number of rotatable bonds is 6. The minimum absolute atomic E-state index is 0.309. The first-order valence-electron chi connectivity index (χ1n) is 7.14. The van der Waals surface area contributed by atoms with E-state index in [9.17, 15) is 4.79 Å². The van der Waals surface area contributed by atoms with Gasteiger partial charge in [0.2, 0.25) is 0 Å². The average molecular weight is 309 g/mol. The van der Waals surface area contributed by atoms with E-state index in [0.717, 1.165) is 17.0 Å². The lowest BCUT2D eigenvalue weighted by Crippen LogP contribution is -2.07. The van der Waals surface area contributed by atoms with Crippen LogP contribution in [0.3, 0.4) is 0 Å². The van der Waals surface area contributed by atoms with Gasteiger partial charge in [-0.1, -0.05) is 18.2 Å². The van der Waals surface area contributed by atoms with Crippen molar-refractivity contribution in [2.45, 2.75) is 6.42 Å². The molecule has 1 aromatic carbocycles. The van der Waals surface area contributed by atoms with Gasteiger partial charge in [-0.15, -0.1) is 0 Å². The normalized spacial score (nSPS) is 10.4. The van der Waals surface area contributed by atoms with Crippen LogP contribution >= 0.6 is 0 Å². The zero-order valence-electron chi connectivity index (χ0n) is 12.3. The lowest BCUT2D eigenvalue weighted by Gasteiger charge is -2.08. The second-order valence-corrected chi connectivity index (χ2v) is 4.91. The van der Waals surface area contributed by atoms with Gasteiger partial charge in [0.25, 0.3) is 0 Å². The zero-order valence-corrected chi connectivity index (χ0v) is 12.3. The van der Waals surface area contributed by atoms with Gasteiger partial charge in [0.05, 0.1) is 29.8 Å². The summed E-state index contributed by atoms with van der Waals surface area (Å²) in [5, 5.41) is 15.9. The second kappa shape index (κ2) is 6.74. The molecule has 2 aromatic heterocycles. The summed E-state index contributed by atoms with van der Waals surface area (Å²) < 4.78 is 5.64. The maximum atomic E-state index is 11.1. The maximum absolute atomic E-state index is 11.1. The molecule has 3 aromatic rings. The Bertz CT molecular complexity index is 783. The van der Waals surface area contributed by atoms with Gasteiger partial charge in [0.1, 0.15) is 5.75 Å². The smallest absolute Gasteiger partial charge is 0.335 e. The van der Waals surface area contributed by atoms with Gasteiger partial charge in [-0.25, -0.2) is 4.79 Å². The molecular weight excluding hydrogens is 294 g/mol. The Morgan fingerprint density at radius 1 is 1.17 bits per heavy atom. The molecule has 0 amide bonds. The van der Waals surface area contributed by atoms with Gasteiger partial charge >= 0.3 is 5.97 Å². The summed E-state index contributed by atoms with van der Waals surface area (Å²) in [6, 6.07) is 12.4. The van der Waals surface area contributed by atoms with Gasteiger partial charge in [-0.05, 0) is 29.8 Å². The second-order valence-electron chi connectivity index (χ2n) is 4.91. The summed E-state index contributed by atoms with van der Waals surface area (Å²) in [4.78, 5) is 15.4. The van der Waals surface area contributed by atoms with Gasteiger partial charge in [0, 0.05) is 12.6 Å². The van der Waals surface area contributed by atoms with Crippen LogP contribution in [0, 0.1) is 0 Å². The number of ether oxygens (including phenoxy) is 1. The van der Waals surface area contributed by atoms with E-state index in [1.54, 1.807) is 30.6 Å². The Hall–Kier alpha value is -3.15. The third-order valence-electron chi connectivity index (χ3n) is 3.40. The minimum atomic E-state index is -0.925. The van der Waals surface area contributed by atoms with Crippen molar-refractivity contribution >= 4 is 5.97 Å². The van der Waals surface area contributed by atoms with Crippen LogP contribution in [0.5, 0.6) is 5.75 Å². The fourth-order valence-electron chi connectivity index (χ4n) is 2.25. The SMILES string of the molecule is O=C(O)c1ccccc1CCOc1ccc(-c2ccn[nH]2)nc1. The van der Waals surface area contributed by atoms with Crippen molar-refractivity contribution in [1.82, 2.24) is 15.2 Å². The topological polar surface area (TPSA) is 88.1 Å². The number of aromatic amines is 1. The number of carbonyl (C=O) groups is 1. The lowest BCUT2D eigenvalue weighted by atomic mass is 10.1. The van der Waals surface area contributed by atoms with Crippen molar-refractivity contribution in [2.24, 2.45) is 0 Å². The summed E-state index contributed by atoms with van der Waals surface area (Å²) in [6.07, 6.45) is 3.82. The van der Waals surface area contributed by atoms with Crippen molar-refractivity contribution < 1.29 is 14.6 Å². The molecule has 0 bridgehead atoms. The van der Waals surface area contributed by atoms with Crippen LogP contribution in [-0.4, -0.2) is 32.9 Å². The summed E-state index contributed by atoms with van der Waals surface area (Å²) in [7, 11) is 0. The van der Waals surface area contributed by atoms with E-state index in [4.69, 9.17) is 9.84 Å². The van der Waals surface area contributed by atoms with E-state index in [1.165, 1.54) is 0 Å². The van der Waals surface area contributed by atoms with Gasteiger partial charge in [-0.2, -0.15) is 5.10 Å². The van der Waals surface area contributed by atoms with Crippen LogP contribution in [0.2, 0.25) is 0 Å². The summed E-state index contributed by atoms with van der Waals surface area (Å²) in [5.74, 6) is -0.285. The highest BCUT2D eigenvalue weighted by Gasteiger charge is 2.09. The number of aromatic nitrogens is 3. The van der Waals surface area contributed by atoms with Gasteiger partial charge in [0.15, 0.2) is 0 Å². The number of carboxylic acids is 1. The van der Waals surface area contributed by atoms with Crippen LogP contribution in [0.25, 0.3) is 11.4 Å². The first-order valence-corrected chi connectivity index (χ1v) is 7.14. The molecule has 2 N–H and O–H groups in total. The van der Waals surface area contributed by atoms with Crippen LogP contribution in [0.4, 0.5) is 0 Å². The molecule has 0 aliphatic rings. The summed E-state index contributed by atoms with van der Waals surface area (Å²) in [6.45, 7) is 0.384. The molecule has 3 rings (SSSR count). The molecule has 0 aliphatic heterocycles. The molecule has 116 valence electrons. The molecule has 6 nitrogen and oxygen atoms in total. The first-order chi connectivity index (χ1) is 11.2. The molecule has 0 spiro atoms. The number of nitrogens with zero attached hydrogens (tertiary/aromatic N) is 2. The number of hydrogen-bond acceptors (Lipinski definition) is 4. The molecule has 0 fully saturated rings. The molecule has 0 unspecified atom stereocenters. The predicted octanol–water partition coefficient (Wildman–Crippen LogP) is 2.79. The van der Waals surface area contributed by atoms with E-state index in [1.807, 2.05) is 24.3 Å². The minimum Gasteiger partial charge on any atom is -0.492 e. The largest absolute Gasteiger partial charge is 0.492 e. The lowest BCUT2D eigenvalue weighted by molar-refractivity contribution is 0.0695. The van der Waals surface area contributed by atoms with Crippen molar-refractivity contribution in [3.05, 3.63) is 66.0 Å². The van der Waals surface area contributed by atoms with Crippen molar-refractivity contribution in [3.63, 3.8) is 0 Å². The highest BCUT2D eigenvalue weighted by Crippen LogP contribution is 2.17. The summed E-state index contributed by atoms with van der Waals surface area (Å²) >= 11 is 0. The quantitative estimate of drug-likeness (QED) is 0.731. The standard InChI is InChI=1S/C17H15N3O3/c21-17(22)14-4-2-1-3-12(14)8-10-23-13-5-6-15(18-11-13)16-7-9-19-20-16/h1-7,9,11H,8,10H2,(H,19,20)(H,21,22). The molecule has 0 saturated carbocycles. The third kappa shape index (κ3) is 3.55. The Kier molecular flexibility index (Phi) is 4.33. The number of aromatic carboxylic acids is 1. The number of H-pyrrole nitrogens is 1. The molecule has 23 heavy (non-hydrogen) atoms. The van der Waals surface area contributed by atoms with Crippen molar-refractivity contribution in [3.8, 4) is 17.1 Å². The average Bonchev–Trinajstić information content (AvgIpc) is 3.10. The molecule has 2 heterocycles.